The highest BCUT2D eigenvalue weighted by atomic mass is 16.5. The van der Waals surface area contributed by atoms with Gasteiger partial charge in [-0.2, -0.15) is 0 Å². The second-order valence-corrected chi connectivity index (χ2v) is 6.49. The van der Waals surface area contributed by atoms with Crippen LogP contribution in [0.25, 0.3) is 0 Å². The molecule has 6 heteroatoms. The predicted molar refractivity (Wildman–Crippen MR) is 103 cm³/mol. The number of hydrogen-bond donors (Lipinski definition) is 1. The predicted octanol–water partition coefficient (Wildman–Crippen LogP) is 3.30. The largest absolute Gasteiger partial charge is 0.455 e. The SMILES string of the molecule is COCCCN1CC(C(=O)Nc2ccccc2Oc2ccccc2)CC1=O. The van der Waals surface area contributed by atoms with Gasteiger partial charge < -0.3 is 19.7 Å². The lowest BCUT2D eigenvalue weighted by Crippen LogP contribution is -2.29. The number of ether oxygens (including phenoxy) is 2. The first-order valence-corrected chi connectivity index (χ1v) is 9.07. The maximum absolute atomic E-state index is 12.7. The van der Waals surface area contributed by atoms with Gasteiger partial charge in [0.25, 0.3) is 0 Å². The topological polar surface area (TPSA) is 67.9 Å². The molecule has 0 aliphatic carbocycles. The van der Waals surface area contributed by atoms with Gasteiger partial charge in [-0.25, -0.2) is 0 Å². The minimum atomic E-state index is -0.357. The lowest BCUT2D eigenvalue weighted by atomic mass is 10.1. The number of anilines is 1. The molecule has 0 radical (unpaired) electrons. The summed E-state index contributed by atoms with van der Waals surface area (Å²) in [6, 6.07) is 16.7. The summed E-state index contributed by atoms with van der Waals surface area (Å²) in [6.07, 6.45) is 1.00. The molecule has 1 N–H and O–H groups in total. The van der Waals surface area contributed by atoms with Crippen molar-refractivity contribution in [2.24, 2.45) is 5.92 Å². The first-order valence-electron chi connectivity index (χ1n) is 9.07. The Hall–Kier alpha value is -2.86. The van der Waals surface area contributed by atoms with Gasteiger partial charge in [0.05, 0.1) is 11.6 Å². The Morgan fingerprint density at radius 1 is 1.15 bits per heavy atom. The molecule has 27 heavy (non-hydrogen) atoms. The zero-order chi connectivity index (χ0) is 19.1. The molecule has 0 aromatic heterocycles. The monoisotopic (exact) mass is 368 g/mol. The minimum Gasteiger partial charge on any atom is -0.455 e. The van der Waals surface area contributed by atoms with E-state index in [1.807, 2.05) is 42.5 Å². The van der Waals surface area contributed by atoms with Crippen LogP contribution in [0.15, 0.2) is 54.6 Å². The van der Waals surface area contributed by atoms with Gasteiger partial charge in [-0.15, -0.1) is 0 Å². The molecule has 1 saturated heterocycles. The van der Waals surface area contributed by atoms with Crippen molar-refractivity contribution >= 4 is 17.5 Å². The van der Waals surface area contributed by atoms with Crippen LogP contribution in [-0.4, -0.2) is 43.5 Å². The summed E-state index contributed by atoms with van der Waals surface area (Å²) < 4.78 is 10.9. The Labute approximate surface area is 159 Å². The maximum atomic E-state index is 12.7. The van der Waals surface area contributed by atoms with Gasteiger partial charge in [-0.1, -0.05) is 30.3 Å². The smallest absolute Gasteiger partial charge is 0.229 e. The zero-order valence-corrected chi connectivity index (χ0v) is 15.4. The summed E-state index contributed by atoms with van der Waals surface area (Å²) in [5.41, 5.74) is 0.594. The van der Waals surface area contributed by atoms with E-state index in [1.165, 1.54) is 0 Å². The molecule has 142 valence electrons. The van der Waals surface area contributed by atoms with E-state index >= 15 is 0 Å². The summed E-state index contributed by atoms with van der Waals surface area (Å²) in [4.78, 5) is 26.5. The molecule has 1 heterocycles. The molecule has 3 rings (SSSR count). The standard InChI is InChI=1S/C21H24N2O4/c1-26-13-7-12-23-15-16(14-20(23)24)21(25)22-18-10-5-6-11-19(18)27-17-8-3-2-4-9-17/h2-6,8-11,16H,7,12-15H2,1H3,(H,22,25). The van der Waals surface area contributed by atoms with Crippen LogP contribution < -0.4 is 10.1 Å². The second-order valence-electron chi connectivity index (χ2n) is 6.49. The van der Waals surface area contributed by atoms with Crippen LogP contribution in [0.4, 0.5) is 5.69 Å². The van der Waals surface area contributed by atoms with Gasteiger partial charge in [0, 0.05) is 33.2 Å². The number of para-hydroxylation sites is 3. The third-order valence-corrected chi connectivity index (χ3v) is 4.48. The van der Waals surface area contributed by atoms with E-state index in [9.17, 15) is 9.59 Å². The number of likely N-dealkylation sites (tertiary alicyclic amines) is 1. The van der Waals surface area contributed by atoms with Gasteiger partial charge in [0.15, 0.2) is 5.75 Å². The molecule has 1 fully saturated rings. The van der Waals surface area contributed by atoms with Crippen molar-refractivity contribution in [3.8, 4) is 11.5 Å². The second kappa shape index (κ2) is 9.19. The van der Waals surface area contributed by atoms with Crippen LogP contribution in [-0.2, 0) is 14.3 Å². The average molecular weight is 368 g/mol. The van der Waals surface area contributed by atoms with E-state index in [1.54, 1.807) is 24.1 Å². The molecule has 1 aliphatic rings. The van der Waals surface area contributed by atoms with Crippen molar-refractivity contribution in [1.82, 2.24) is 4.90 Å². The summed E-state index contributed by atoms with van der Waals surface area (Å²) in [5.74, 6) is 0.754. The number of carbonyl (C=O) groups excluding carboxylic acids is 2. The highest BCUT2D eigenvalue weighted by Gasteiger charge is 2.34. The van der Waals surface area contributed by atoms with E-state index in [0.717, 1.165) is 6.42 Å². The molecular weight excluding hydrogens is 344 g/mol. The summed E-state index contributed by atoms with van der Waals surface area (Å²) in [5, 5.41) is 2.91. The molecule has 0 bridgehead atoms. The van der Waals surface area contributed by atoms with Crippen LogP contribution in [0.1, 0.15) is 12.8 Å². The van der Waals surface area contributed by atoms with Gasteiger partial charge in [0.2, 0.25) is 11.8 Å². The Balaban J connectivity index is 1.62. The summed E-state index contributed by atoms with van der Waals surface area (Å²) in [6.45, 7) is 1.66. The molecule has 1 atom stereocenters. The third kappa shape index (κ3) is 5.08. The van der Waals surface area contributed by atoms with Crippen molar-refractivity contribution in [2.75, 3.05) is 32.1 Å². The summed E-state index contributed by atoms with van der Waals surface area (Å²) in [7, 11) is 1.64. The van der Waals surface area contributed by atoms with Crippen LogP contribution in [0, 0.1) is 5.92 Å². The first kappa shape index (κ1) is 18.9. The number of nitrogens with one attached hydrogen (secondary N) is 1. The fourth-order valence-electron chi connectivity index (χ4n) is 3.07. The number of nitrogens with zero attached hydrogens (tertiary/aromatic N) is 1. The zero-order valence-electron chi connectivity index (χ0n) is 15.4. The summed E-state index contributed by atoms with van der Waals surface area (Å²) >= 11 is 0. The van der Waals surface area contributed by atoms with Crippen molar-refractivity contribution in [3.05, 3.63) is 54.6 Å². The molecule has 0 saturated carbocycles. The van der Waals surface area contributed by atoms with E-state index in [0.29, 0.717) is 36.9 Å². The number of carbonyl (C=O) groups is 2. The molecule has 6 nitrogen and oxygen atoms in total. The van der Waals surface area contributed by atoms with E-state index in [4.69, 9.17) is 9.47 Å². The van der Waals surface area contributed by atoms with Crippen molar-refractivity contribution in [1.29, 1.82) is 0 Å². The lowest BCUT2D eigenvalue weighted by molar-refractivity contribution is -0.128. The third-order valence-electron chi connectivity index (χ3n) is 4.48. The first-order chi connectivity index (χ1) is 13.2. The lowest BCUT2D eigenvalue weighted by Gasteiger charge is -2.17. The number of methoxy groups -OCH3 is 1. The Kier molecular flexibility index (Phi) is 6.44. The number of rotatable bonds is 8. The van der Waals surface area contributed by atoms with E-state index in [-0.39, 0.29) is 24.2 Å². The maximum Gasteiger partial charge on any atom is 0.229 e. The van der Waals surface area contributed by atoms with Crippen molar-refractivity contribution in [2.45, 2.75) is 12.8 Å². The van der Waals surface area contributed by atoms with Gasteiger partial charge in [-0.05, 0) is 30.7 Å². The molecule has 2 amide bonds. The van der Waals surface area contributed by atoms with Crippen LogP contribution >= 0.6 is 0 Å². The molecule has 0 spiro atoms. The number of hydrogen-bond acceptors (Lipinski definition) is 4. The van der Waals surface area contributed by atoms with Crippen molar-refractivity contribution < 1.29 is 19.1 Å². The molecule has 2 aromatic carbocycles. The normalized spacial score (nSPS) is 16.4. The quantitative estimate of drug-likeness (QED) is 0.726. The van der Waals surface area contributed by atoms with Gasteiger partial charge >= 0.3 is 0 Å². The van der Waals surface area contributed by atoms with Crippen LogP contribution in [0.5, 0.6) is 11.5 Å². The van der Waals surface area contributed by atoms with Crippen LogP contribution in [0.3, 0.4) is 0 Å². The van der Waals surface area contributed by atoms with E-state index < -0.39 is 0 Å². The molecular formula is C21H24N2O4. The van der Waals surface area contributed by atoms with Crippen LogP contribution in [0.2, 0.25) is 0 Å². The van der Waals surface area contributed by atoms with Gasteiger partial charge in [-0.3, -0.25) is 9.59 Å². The Morgan fingerprint density at radius 3 is 2.67 bits per heavy atom. The van der Waals surface area contributed by atoms with Crippen molar-refractivity contribution in [3.63, 3.8) is 0 Å². The minimum absolute atomic E-state index is 0.0140. The Bertz CT molecular complexity index is 779. The average Bonchev–Trinajstić information content (AvgIpc) is 3.05. The fraction of sp³-hybridized carbons (Fsp3) is 0.333. The number of benzene rings is 2. The molecule has 2 aromatic rings. The fourth-order valence-corrected chi connectivity index (χ4v) is 3.07. The van der Waals surface area contributed by atoms with Gasteiger partial charge in [0.1, 0.15) is 5.75 Å². The Morgan fingerprint density at radius 2 is 1.89 bits per heavy atom. The molecule has 1 aliphatic heterocycles. The highest BCUT2D eigenvalue weighted by Crippen LogP contribution is 2.30. The highest BCUT2D eigenvalue weighted by molar-refractivity contribution is 5.98. The number of amides is 2. The molecule has 1 unspecified atom stereocenters. The van der Waals surface area contributed by atoms with E-state index in [2.05, 4.69) is 5.32 Å².